The number of hydrogen-bond acceptors (Lipinski definition) is 1. The van der Waals surface area contributed by atoms with Crippen LogP contribution in [0.3, 0.4) is 0 Å². The van der Waals surface area contributed by atoms with Crippen LogP contribution >= 0.6 is 0 Å². The molecule has 0 aromatic heterocycles. The SMILES string of the molecule is CC(C)(C)c1c(N)cccc1C(F)(F)F. The summed E-state index contributed by atoms with van der Waals surface area (Å²) in [6, 6.07) is 3.89. The van der Waals surface area contributed by atoms with E-state index in [1.54, 1.807) is 20.8 Å². The molecule has 0 saturated carbocycles. The van der Waals surface area contributed by atoms with Gasteiger partial charge in [-0.3, -0.25) is 0 Å². The topological polar surface area (TPSA) is 26.0 Å². The molecule has 15 heavy (non-hydrogen) atoms. The molecule has 0 radical (unpaired) electrons. The van der Waals surface area contributed by atoms with E-state index in [9.17, 15) is 13.2 Å². The van der Waals surface area contributed by atoms with Crippen LogP contribution in [0.15, 0.2) is 18.2 Å². The zero-order valence-corrected chi connectivity index (χ0v) is 8.94. The molecule has 0 bridgehead atoms. The minimum Gasteiger partial charge on any atom is -0.398 e. The van der Waals surface area contributed by atoms with Gasteiger partial charge in [-0.15, -0.1) is 0 Å². The van der Waals surface area contributed by atoms with E-state index in [0.717, 1.165) is 6.07 Å². The number of anilines is 1. The number of alkyl halides is 3. The summed E-state index contributed by atoms with van der Waals surface area (Å²) < 4.78 is 38.1. The molecule has 2 N–H and O–H groups in total. The van der Waals surface area contributed by atoms with Crippen molar-refractivity contribution in [2.75, 3.05) is 5.73 Å². The first-order valence-corrected chi connectivity index (χ1v) is 4.60. The molecule has 0 aliphatic heterocycles. The van der Waals surface area contributed by atoms with E-state index in [2.05, 4.69) is 0 Å². The van der Waals surface area contributed by atoms with E-state index in [4.69, 9.17) is 5.73 Å². The van der Waals surface area contributed by atoms with Crippen molar-refractivity contribution in [3.8, 4) is 0 Å². The molecule has 0 atom stereocenters. The largest absolute Gasteiger partial charge is 0.416 e. The van der Waals surface area contributed by atoms with Gasteiger partial charge in [-0.1, -0.05) is 26.8 Å². The monoisotopic (exact) mass is 217 g/mol. The molecule has 84 valence electrons. The highest BCUT2D eigenvalue weighted by Crippen LogP contribution is 2.40. The number of nitrogens with two attached hydrogens (primary N) is 1. The van der Waals surface area contributed by atoms with Gasteiger partial charge in [-0.2, -0.15) is 13.2 Å². The number of rotatable bonds is 0. The summed E-state index contributed by atoms with van der Waals surface area (Å²) >= 11 is 0. The summed E-state index contributed by atoms with van der Waals surface area (Å²) in [4.78, 5) is 0. The van der Waals surface area contributed by atoms with Crippen LogP contribution in [0.1, 0.15) is 31.9 Å². The van der Waals surface area contributed by atoms with E-state index >= 15 is 0 Å². The second-order valence-electron chi connectivity index (χ2n) is 4.52. The average Bonchev–Trinajstić information content (AvgIpc) is 1.99. The first-order valence-electron chi connectivity index (χ1n) is 4.60. The second-order valence-corrected chi connectivity index (χ2v) is 4.52. The van der Waals surface area contributed by atoms with Gasteiger partial charge in [0.05, 0.1) is 5.56 Å². The Morgan fingerprint density at radius 2 is 1.60 bits per heavy atom. The highest BCUT2D eigenvalue weighted by molar-refractivity contribution is 5.55. The lowest BCUT2D eigenvalue weighted by atomic mass is 9.82. The zero-order valence-electron chi connectivity index (χ0n) is 8.94. The van der Waals surface area contributed by atoms with Gasteiger partial charge in [0, 0.05) is 5.69 Å². The third-order valence-corrected chi connectivity index (χ3v) is 2.15. The Labute approximate surface area is 87.1 Å². The van der Waals surface area contributed by atoms with Gasteiger partial charge >= 0.3 is 6.18 Å². The van der Waals surface area contributed by atoms with Crippen LogP contribution in [-0.2, 0) is 11.6 Å². The smallest absolute Gasteiger partial charge is 0.398 e. The minimum atomic E-state index is -4.35. The highest BCUT2D eigenvalue weighted by Gasteiger charge is 2.37. The molecule has 0 fully saturated rings. The van der Waals surface area contributed by atoms with E-state index in [-0.39, 0.29) is 11.3 Å². The van der Waals surface area contributed by atoms with E-state index in [0.29, 0.717) is 0 Å². The molecular weight excluding hydrogens is 203 g/mol. The first kappa shape index (κ1) is 11.9. The van der Waals surface area contributed by atoms with Crippen molar-refractivity contribution in [3.63, 3.8) is 0 Å². The fourth-order valence-corrected chi connectivity index (χ4v) is 1.64. The van der Waals surface area contributed by atoms with Gasteiger partial charge in [0.15, 0.2) is 0 Å². The van der Waals surface area contributed by atoms with Crippen molar-refractivity contribution in [2.45, 2.75) is 32.4 Å². The van der Waals surface area contributed by atoms with Crippen LogP contribution in [0.5, 0.6) is 0 Å². The number of benzene rings is 1. The van der Waals surface area contributed by atoms with Crippen LogP contribution in [0, 0.1) is 0 Å². The molecule has 1 rings (SSSR count). The van der Waals surface area contributed by atoms with Crippen molar-refractivity contribution < 1.29 is 13.2 Å². The average molecular weight is 217 g/mol. The predicted octanol–water partition coefficient (Wildman–Crippen LogP) is 3.59. The number of nitrogen functional groups attached to an aromatic ring is 1. The Morgan fingerprint density at radius 1 is 1.07 bits per heavy atom. The van der Waals surface area contributed by atoms with Crippen molar-refractivity contribution in [1.29, 1.82) is 0 Å². The fraction of sp³-hybridized carbons (Fsp3) is 0.455. The summed E-state index contributed by atoms with van der Waals surface area (Å²) in [6.45, 7) is 5.15. The first-order chi connectivity index (χ1) is 6.64. The third-order valence-electron chi connectivity index (χ3n) is 2.15. The quantitative estimate of drug-likeness (QED) is 0.660. The summed E-state index contributed by atoms with van der Waals surface area (Å²) in [5.74, 6) is 0. The summed E-state index contributed by atoms with van der Waals surface area (Å²) in [5.41, 5.74) is 4.70. The molecule has 0 aliphatic rings. The van der Waals surface area contributed by atoms with Crippen LogP contribution < -0.4 is 5.73 Å². The summed E-state index contributed by atoms with van der Waals surface area (Å²) in [6.07, 6.45) is -4.35. The Morgan fingerprint density at radius 3 is 1.93 bits per heavy atom. The van der Waals surface area contributed by atoms with Crippen molar-refractivity contribution in [2.24, 2.45) is 0 Å². The van der Waals surface area contributed by atoms with Crippen LogP contribution in [0.25, 0.3) is 0 Å². The predicted molar refractivity (Wildman–Crippen MR) is 54.6 cm³/mol. The lowest BCUT2D eigenvalue weighted by Crippen LogP contribution is -2.21. The molecule has 0 saturated heterocycles. The molecule has 0 heterocycles. The van der Waals surface area contributed by atoms with Gasteiger partial charge in [-0.05, 0) is 23.1 Å². The number of halogens is 3. The van der Waals surface area contributed by atoms with Crippen molar-refractivity contribution in [1.82, 2.24) is 0 Å². The lowest BCUT2D eigenvalue weighted by molar-refractivity contribution is -0.138. The Kier molecular flexibility index (Phi) is 2.72. The lowest BCUT2D eigenvalue weighted by Gasteiger charge is -2.25. The molecule has 1 aromatic carbocycles. The minimum absolute atomic E-state index is 0.164. The number of hydrogen-bond donors (Lipinski definition) is 1. The molecule has 0 spiro atoms. The summed E-state index contributed by atoms with van der Waals surface area (Å²) in [5, 5.41) is 0. The standard InChI is InChI=1S/C11H14F3N/c1-10(2,3)9-7(11(12,13)14)5-4-6-8(9)15/h4-6H,15H2,1-3H3. The van der Waals surface area contributed by atoms with E-state index < -0.39 is 17.2 Å². The van der Waals surface area contributed by atoms with Gasteiger partial charge in [0.1, 0.15) is 0 Å². The van der Waals surface area contributed by atoms with Crippen LogP contribution in [0.4, 0.5) is 18.9 Å². The van der Waals surface area contributed by atoms with Crippen LogP contribution in [-0.4, -0.2) is 0 Å². The van der Waals surface area contributed by atoms with Gasteiger partial charge in [-0.25, -0.2) is 0 Å². The maximum Gasteiger partial charge on any atom is 0.416 e. The Balaban J connectivity index is 3.48. The highest BCUT2D eigenvalue weighted by atomic mass is 19.4. The maximum atomic E-state index is 12.7. The fourth-order valence-electron chi connectivity index (χ4n) is 1.64. The van der Waals surface area contributed by atoms with Gasteiger partial charge in [0.25, 0.3) is 0 Å². The molecule has 0 aliphatic carbocycles. The van der Waals surface area contributed by atoms with Crippen molar-refractivity contribution >= 4 is 5.69 Å². The van der Waals surface area contributed by atoms with Crippen molar-refractivity contribution in [3.05, 3.63) is 29.3 Å². The Hall–Kier alpha value is -1.19. The van der Waals surface area contributed by atoms with E-state index in [1.807, 2.05) is 0 Å². The van der Waals surface area contributed by atoms with E-state index in [1.165, 1.54) is 12.1 Å². The van der Waals surface area contributed by atoms with Gasteiger partial charge < -0.3 is 5.73 Å². The Bertz CT molecular complexity index is 361. The van der Waals surface area contributed by atoms with Gasteiger partial charge in [0.2, 0.25) is 0 Å². The molecular formula is C11H14F3N. The maximum absolute atomic E-state index is 12.7. The molecule has 0 amide bonds. The summed E-state index contributed by atoms with van der Waals surface area (Å²) in [7, 11) is 0. The van der Waals surface area contributed by atoms with Crippen LogP contribution in [0.2, 0.25) is 0 Å². The molecule has 1 nitrogen and oxygen atoms in total. The zero-order chi connectivity index (χ0) is 11.9. The second kappa shape index (κ2) is 3.43. The molecule has 1 aromatic rings. The third kappa shape index (κ3) is 2.43. The molecule has 0 unspecified atom stereocenters. The molecule has 4 heteroatoms. The normalized spacial score (nSPS) is 12.9.